The van der Waals surface area contributed by atoms with E-state index in [0.717, 1.165) is 0 Å². The molecule has 6 nitrogen and oxygen atoms in total. The molecule has 4 N–H and O–H groups in total. The second kappa shape index (κ2) is 6.95. The van der Waals surface area contributed by atoms with Gasteiger partial charge in [0.05, 0.1) is 11.1 Å². The second-order valence-corrected chi connectivity index (χ2v) is 4.16. The SMILES string of the molecule is Cc1cc(O)ccc1O.O=C(O)c1ccc(C(=O)O)cc1. The molecule has 110 valence electrons. The number of carboxylic acids is 2. The molecule has 0 amide bonds. The third kappa shape index (κ3) is 4.87. The van der Waals surface area contributed by atoms with E-state index in [-0.39, 0.29) is 22.6 Å². The van der Waals surface area contributed by atoms with Gasteiger partial charge < -0.3 is 20.4 Å². The molecule has 2 aromatic carbocycles. The third-order valence-corrected chi connectivity index (χ3v) is 2.56. The van der Waals surface area contributed by atoms with Crippen molar-refractivity contribution < 1.29 is 30.0 Å². The smallest absolute Gasteiger partial charge is 0.335 e. The van der Waals surface area contributed by atoms with Gasteiger partial charge in [-0.05, 0) is 55.0 Å². The highest BCUT2D eigenvalue weighted by Gasteiger charge is 2.04. The zero-order valence-electron chi connectivity index (χ0n) is 11.1. The maximum Gasteiger partial charge on any atom is 0.335 e. The van der Waals surface area contributed by atoms with Crippen LogP contribution in [0.25, 0.3) is 0 Å². The van der Waals surface area contributed by atoms with Crippen LogP contribution in [0.3, 0.4) is 0 Å². The first-order chi connectivity index (χ1) is 9.81. The molecule has 0 heterocycles. The Hall–Kier alpha value is -3.02. The van der Waals surface area contributed by atoms with Gasteiger partial charge in [0.25, 0.3) is 0 Å². The van der Waals surface area contributed by atoms with E-state index >= 15 is 0 Å². The molecule has 0 saturated carbocycles. The molecule has 2 aromatic rings. The Morgan fingerprint density at radius 1 is 0.810 bits per heavy atom. The number of hydrogen-bond donors (Lipinski definition) is 4. The molecule has 0 aliphatic rings. The van der Waals surface area contributed by atoms with Crippen molar-refractivity contribution in [1.82, 2.24) is 0 Å². The van der Waals surface area contributed by atoms with Crippen molar-refractivity contribution in [3.63, 3.8) is 0 Å². The van der Waals surface area contributed by atoms with Crippen LogP contribution in [-0.4, -0.2) is 32.4 Å². The van der Waals surface area contributed by atoms with E-state index in [1.54, 1.807) is 6.92 Å². The maximum atomic E-state index is 10.3. The van der Waals surface area contributed by atoms with Crippen LogP contribution in [0.4, 0.5) is 0 Å². The number of hydrogen-bond acceptors (Lipinski definition) is 4. The summed E-state index contributed by atoms with van der Waals surface area (Å²) in [6.07, 6.45) is 0. The lowest BCUT2D eigenvalue weighted by Crippen LogP contribution is -1.99. The maximum absolute atomic E-state index is 10.3. The van der Waals surface area contributed by atoms with E-state index < -0.39 is 11.9 Å². The third-order valence-electron chi connectivity index (χ3n) is 2.56. The number of aromatic hydroxyl groups is 2. The van der Waals surface area contributed by atoms with Gasteiger partial charge in [-0.15, -0.1) is 0 Å². The molecule has 0 saturated heterocycles. The van der Waals surface area contributed by atoms with Gasteiger partial charge in [0, 0.05) is 0 Å². The molecule has 0 unspecified atom stereocenters. The van der Waals surface area contributed by atoms with E-state index in [1.165, 1.54) is 42.5 Å². The molecule has 0 spiro atoms. The molecule has 6 heteroatoms. The van der Waals surface area contributed by atoms with Crippen molar-refractivity contribution in [2.45, 2.75) is 6.92 Å². The van der Waals surface area contributed by atoms with Crippen LogP contribution in [0.15, 0.2) is 42.5 Å². The molecule has 0 aliphatic carbocycles. The highest BCUT2D eigenvalue weighted by Crippen LogP contribution is 2.19. The minimum atomic E-state index is -1.06. The Labute approximate surface area is 120 Å². The molecular formula is C15H14O6. The van der Waals surface area contributed by atoms with Gasteiger partial charge in [-0.3, -0.25) is 0 Å². The number of carboxylic acid groups (broad SMARTS) is 2. The summed E-state index contributed by atoms with van der Waals surface area (Å²) in [5, 5.41) is 34.7. The summed E-state index contributed by atoms with van der Waals surface area (Å²) in [4.78, 5) is 20.7. The molecule has 0 radical (unpaired) electrons. The average Bonchev–Trinajstić information content (AvgIpc) is 2.44. The standard InChI is InChI=1S/C8H6O4.C7H8O2/c9-7(10)5-1-2-6(4-3-5)8(11)12;1-5-4-6(8)2-3-7(5)9/h1-4H,(H,9,10)(H,11,12);2-4,8-9H,1H3. The van der Waals surface area contributed by atoms with Crippen molar-refractivity contribution in [1.29, 1.82) is 0 Å². The Balaban J connectivity index is 0.000000219. The number of benzene rings is 2. The van der Waals surface area contributed by atoms with Crippen molar-refractivity contribution in [2.24, 2.45) is 0 Å². The van der Waals surface area contributed by atoms with E-state index in [2.05, 4.69) is 0 Å². The van der Waals surface area contributed by atoms with Crippen molar-refractivity contribution in [3.05, 3.63) is 59.2 Å². The lowest BCUT2D eigenvalue weighted by molar-refractivity contribution is 0.0681. The van der Waals surface area contributed by atoms with Gasteiger partial charge in [-0.2, -0.15) is 0 Å². The Morgan fingerprint density at radius 2 is 1.24 bits per heavy atom. The Bertz CT molecular complexity index is 613. The lowest BCUT2D eigenvalue weighted by Gasteiger charge is -1.96. The highest BCUT2D eigenvalue weighted by molar-refractivity contribution is 5.91. The van der Waals surface area contributed by atoms with Crippen molar-refractivity contribution in [2.75, 3.05) is 0 Å². The van der Waals surface area contributed by atoms with E-state index in [0.29, 0.717) is 5.56 Å². The largest absolute Gasteiger partial charge is 0.508 e. The fourth-order valence-corrected chi connectivity index (χ4v) is 1.40. The fourth-order valence-electron chi connectivity index (χ4n) is 1.40. The predicted octanol–water partition coefficient (Wildman–Crippen LogP) is 2.49. The van der Waals surface area contributed by atoms with Crippen LogP contribution >= 0.6 is 0 Å². The van der Waals surface area contributed by atoms with Crippen LogP contribution in [0, 0.1) is 6.92 Å². The lowest BCUT2D eigenvalue weighted by atomic mass is 10.1. The fraction of sp³-hybridized carbons (Fsp3) is 0.0667. The molecule has 0 aliphatic heterocycles. The number of carbonyl (C=O) groups is 2. The summed E-state index contributed by atoms with van der Waals surface area (Å²) in [6, 6.07) is 9.44. The minimum absolute atomic E-state index is 0.0833. The Morgan fingerprint density at radius 3 is 1.52 bits per heavy atom. The zero-order chi connectivity index (χ0) is 16.0. The summed E-state index contributed by atoms with van der Waals surface area (Å²) < 4.78 is 0. The van der Waals surface area contributed by atoms with Crippen molar-refractivity contribution in [3.8, 4) is 11.5 Å². The molecule has 21 heavy (non-hydrogen) atoms. The number of rotatable bonds is 2. The van der Waals surface area contributed by atoms with Crippen LogP contribution in [0.5, 0.6) is 11.5 Å². The molecule has 0 aromatic heterocycles. The van der Waals surface area contributed by atoms with Crippen LogP contribution in [0.2, 0.25) is 0 Å². The van der Waals surface area contributed by atoms with E-state index in [1.807, 2.05) is 0 Å². The second-order valence-electron chi connectivity index (χ2n) is 4.16. The first-order valence-electron chi connectivity index (χ1n) is 5.86. The molecule has 0 fully saturated rings. The molecule has 0 atom stereocenters. The van der Waals surface area contributed by atoms with Crippen LogP contribution < -0.4 is 0 Å². The summed E-state index contributed by atoms with van der Waals surface area (Å²) in [6.45, 7) is 1.73. The first kappa shape index (κ1) is 16.0. The molecular weight excluding hydrogens is 276 g/mol. The number of aryl methyl sites for hydroxylation is 1. The van der Waals surface area contributed by atoms with Gasteiger partial charge in [0.15, 0.2) is 0 Å². The van der Waals surface area contributed by atoms with E-state index in [9.17, 15) is 9.59 Å². The molecule has 0 bridgehead atoms. The van der Waals surface area contributed by atoms with Gasteiger partial charge in [-0.1, -0.05) is 0 Å². The topological polar surface area (TPSA) is 115 Å². The summed E-state index contributed by atoms with van der Waals surface area (Å²) in [5.74, 6) is -1.73. The normalized spacial score (nSPS) is 9.38. The molecule has 2 rings (SSSR count). The summed E-state index contributed by atoms with van der Waals surface area (Å²) >= 11 is 0. The highest BCUT2D eigenvalue weighted by atomic mass is 16.4. The average molecular weight is 290 g/mol. The van der Waals surface area contributed by atoms with Gasteiger partial charge in [-0.25, -0.2) is 9.59 Å². The quantitative estimate of drug-likeness (QED) is 0.632. The summed E-state index contributed by atoms with van der Waals surface area (Å²) in [7, 11) is 0. The summed E-state index contributed by atoms with van der Waals surface area (Å²) in [5.41, 5.74) is 0.856. The first-order valence-corrected chi connectivity index (χ1v) is 5.86. The Kier molecular flexibility index (Phi) is 5.31. The van der Waals surface area contributed by atoms with Crippen LogP contribution in [0.1, 0.15) is 26.3 Å². The number of phenols is 2. The van der Waals surface area contributed by atoms with Crippen molar-refractivity contribution >= 4 is 11.9 Å². The monoisotopic (exact) mass is 290 g/mol. The number of aromatic carboxylic acids is 2. The predicted molar refractivity (Wildman–Crippen MR) is 74.9 cm³/mol. The van der Waals surface area contributed by atoms with Gasteiger partial charge in [0.2, 0.25) is 0 Å². The van der Waals surface area contributed by atoms with Gasteiger partial charge >= 0.3 is 11.9 Å². The van der Waals surface area contributed by atoms with Gasteiger partial charge in [0.1, 0.15) is 11.5 Å². The zero-order valence-corrected chi connectivity index (χ0v) is 11.1. The minimum Gasteiger partial charge on any atom is -0.508 e. The van der Waals surface area contributed by atoms with Crippen LogP contribution in [-0.2, 0) is 0 Å². The van der Waals surface area contributed by atoms with E-state index in [4.69, 9.17) is 20.4 Å². The number of phenolic OH excluding ortho intramolecular Hbond substituents is 2.